The van der Waals surface area contributed by atoms with Crippen molar-refractivity contribution in [2.75, 3.05) is 0 Å². The van der Waals surface area contributed by atoms with Crippen molar-refractivity contribution in [3.8, 4) is 0 Å². The molecule has 1 N–H and O–H groups in total. The molecule has 0 radical (unpaired) electrons. The second-order valence-corrected chi connectivity index (χ2v) is 7.19. The van der Waals surface area contributed by atoms with Crippen LogP contribution in [0, 0.1) is 0 Å². The van der Waals surface area contributed by atoms with E-state index in [1.807, 2.05) is 11.7 Å². The number of rotatable bonds is 4. The summed E-state index contributed by atoms with van der Waals surface area (Å²) in [6.45, 7) is 1.78. The van der Waals surface area contributed by atoms with Gasteiger partial charge in [0.25, 0.3) is 0 Å². The molecule has 0 aliphatic carbocycles. The van der Waals surface area contributed by atoms with Crippen LogP contribution in [0.4, 0.5) is 0 Å². The van der Waals surface area contributed by atoms with Crippen LogP contribution in [0.2, 0.25) is 0 Å². The van der Waals surface area contributed by atoms with Crippen LogP contribution >= 0.6 is 54.5 Å². The number of nitrogens with one attached hydrogen (secondary N) is 1. The highest BCUT2D eigenvalue weighted by Crippen LogP contribution is 2.32. The molecular weight excluding hydrogens is 360 g/mol. The van der Waals surface area contributed by atoms with Crippen LogP contribution in [0.1, 0.15) is 9.75 Å². The Hall–Kier alpha value is 0.250. The van der Waals surface area contributed by atoms with Crippen LogP contribution in [0.25, 0.3) is 0 Å². The standard InChI is InChI=1S/C9H8Br2N2S2/c10-8-1-6(15-9(8)11)2-12-3-7-4-13-5-14-7/h1,4-5,12H,2-3H2. The van der Waals surface area contributed by atoms with Gasteiger partial charge in [-0.25, -0.2) is 0 Å². The van der Waals surface area contributed by atoms with E-state index in [4.69, 9.17) is 0 Å². The SMILES string of the molecule is Brc1cc(CNCc2cncs2)sc1Br. The molecule has 0 saturated carbocycles. The molecule has 2 aromatic rings. The predicted molar refractivity (Wildman–Crippen MR) is 72.4 cm³/mol. The van der Waals surface area contributed by atoms with E-state index in [2.05, 4.69) is 48.2 Å². The number of thiophene rings is 1. The molecule has 80 valence electrons. The summed E-state index contributed by atoms with van der Waals surface area (Å²) in [6, 6.07) is 2.13. The molecule has 0 aliphatic rings. The second-order valence-electron chi connectivity index (χ2n) is 2.91. The molecule has 0 bridgehead atoms. The molecule has 2 aromatic heterocycles. The quantitative estimate of drug-likeness (QED) is 0.882. The number of hydrogen-bond donors (Lipinski definition) is 1. The van der Waals surface area contributed by atoms with Crippen LogP contribution < -0.4 is 5.32 Å². The summed E-state index contributed by atoms with van der Waals surface area (Å²) < 4.78 is 2.28. The summed E-state index contributed by atoms with van der Waals surface area (Å²) in [7, 11) is 0. The maximum absolute atomic E-state index is 4.03. The van der Waals surface area contributed by atoms with Gasteiger partial charge in [0, 0.05) is 33.5 Å². The minimum absolute atomic E-state index is 0.887. The highest BCUT2D eigenvalue weighted by molar-refractivity contribution is 9.13. The van der Waals surface area contributed by atoms with E-state index < -0.39 is 0 Å². The number of nitrogens with zero attached hydrogens (tertiary/aromatic N) is 1. The molecule has 2 rings (SSSR count). The van der Waals surface area contributed by atoms with Gasteiger partial charge >= 0.3 is 0 Å². The Kier molecular flexibility index (Phi) is 4.33. The van der Waals surface area contributed by atoms with Gasteiger partial charge in [-0.15, -0.1) is 22.7 Å². The molecule has 2 nitrogen and oxygen atoms in total. The molecule has 0 atom stereocenters. The van der Waals surface area contributed by atoms with Crippen LogP contribution in [0.3, 0.4) is 0 Å². The smallest absolute Gasteiger partial charge is 0.0843 e. The summed E-state index contributed by atoms with van der Waals surface area (Å²) in [5.41, 5.74) is 1.86. The minimum atomic E-state index is 0.887. The van der Waals surface area contributed by atoms with E-state index >= 15 is 0 Å². The summed E-state index contributed by atoms with van der Waals surface area (Å²) in [5.74, 6) is 0. The Morgan fingerprint density at radius 1 is 1.27 bits per heavy atom. The Morgan fingerprint density at radius 3 is 2.67 bits per heavy atom. The third-order valence-corrected chi connectivity index (χ3v) is 5.81. The van der Waals surface area contributed by atoms with Crippen molar-refractivity contribution >= 4 is 54.5 Å². The molecule has 0 fully saturated rings. The summed E-state index contributed by atoms with van der Waals surface area (Å²) in [5, 5.41) is 3.38. The first kappa shape index (κ1) is 11.7. The lowest BCUT2D eigenvalue weighted by atomic mass is 10.4. The van der Waals surface area contributed by atoms with E-state index in [9.17, 15) is 0 Å². The number of halogens is 2. The van der Waals surface area contributed by atoms with Crippen LogP contribution in [0.15, 0.2) is 26.0 Å². The molecule has 6 heteroatoms. The van der Waals surface area contributed by atoms with Crippen molar-refractivity contribution in [2.45, 2.75) is 13.1 Å². The number of hydrogen-bond acceptors (Lipinski definition) is 4. The first-order valence-corrected chi connectivity index (χ1v) is 7.55. The van der Waals surface area contributed by atoms with Crippen molar-refractivity contribution in [3.05, 3.63) is 35.8 Å². The molecule has 2 heterocycles. The predicted octanol–water partition coefficient (Wildman–Crippen LogP) is 4.02. The van der Waals surface area contributed by atoms with E-state index in [1.165, 1.54) is 9.75 Å². The summed E-state index contributed by atoms with van der Waals surface area (Å²) >= 11 is 10.4. The Morgan fingerprint density at radius 2 is 2.07 bits per heavy atom. The monoisotopic (exact) mass is 366 g/mol. The highest BCUT2D eigenvalue weighted by Gasteiger charge is 2.03. The minimum Gasteiger partial charge on any atom is -0.307 e. The van der Waals surface area contributed by atoms with Crippen LogP contribution in [-0.4, -0.2) is 4.98 Å². The fourth-order valence-corrected chi connectivity index (χ4v) is 3.83. The lowest BCUT2D eigenvalue weighted by Gasteiger charge is -1.99. The van der Waals surface area contributed by atoms with Gasteiger partial charge in [0.2, 0.25) is 0 Å². The normalized spacial score (nSPS) is 10.8. The van der Waals surface area contributed by atoms with E-state index in [-0.39, 0.29) is 0 Å². The van der Waals surface area contributed by atoms with Crippen molar-refractivity contribution in [1.29, 1.82) is 0 Å². The number of thiazole rings is 1. The first-order chi connectivity index (χ1) is 7.25. The first-order valence-electron chi connectivity index (χ1n) is 4.27. The lowest BCUT2D eigenvalue weighted by Crippen LogP contribution is -2.10. The van der Waals surface area contributed by atoms with Crippen molar-refractivity contribution in [2.24, 2.45) is 0 Å². The molecule has 0 saturated heterocycles. The third kappa shape index (κ3) is 3.35. The molecule has 0 aliphatic heterocycles. The van der Waals surface area contributed by atoms with Gasteiger partial charge in [0.1, 0.15) is 0 Å². The Balaban J connectivity index is 1.83. The van der Waals surface area contributed by atoms with Gasteiger partial charge in [0.05, 0.1) is 9.30 Å². The van der Waals surface area contributed by atoms with Gasteiger partial charge in [-0.3, -0.25) is 4.98 Å². The van der Waals surface area contributed by atoms with Gasteiger partial charge in [0.15, 0.2) is 0 Å². The van der Waals surface area contributed by atoms with Gasteiger partial charge < -0.3 is 5.32 Å². The molecule has 0 spiro atoms. The number of aromatic nitrogens is 1. The molecular formula is C9H8Br2N2S2. The Bertz CT molecular complexity index is 406. The van der Waals surface area contributed by atoms with E-state index in [1.54, 1.807) is 22.7 Å². The van der Waals surface area contributed by atoms with Crippen molar-refractivity contribution in [3.63, 3.8) is 0 Å². The zero-order valence-corrected chi connectivity index (χ0v) is 12.5. The summed E-state index contributed by atoms with van der Waals surface area (Å²) in [6.07, 6.45) is 1.90. The van der Waals surface area contributed by atoms with Crippen LogP contribution in [0.5, 0.6) is 0 Å². The average molecular weight is 368 g/mol. The average Bonchev–Trinajstić information content (AvgIpc) is 2.79. The maximum atomic E-state index is 4.03. The zero-order valence-electron chi connectivity index (χ0n) is 7.67. The van der Waals surface area contributed by atoms with Gasteiger partial charge in [-0.05, 0) is 37.9 Å². The molecule has 0 unspecified atom stereocenters. The van der Waals surface area contributed by atoms with Gasteiger partial charge in [-0.2, -0.15) is 0 Å². The Labute approximate surface area is 113 Å². The molecule has 0 aromatic carbocycles. The van der Waals surface area contributed by atoms with Gasteiger partial charge in [-0.1, -0.05) is 0 Å². The lowest BCUT2D eigenvalue weighted by molar-refractivity contribution is 0.708. The largest absolute Gasteiger partial charge is 0.307 e. The van der Waals surface area contributed by atoms with Crippen molar-refractivity contribution < 1.29 is 0 Å². The fraction of sp³-hybridized carbons (Fsp3) is 0.222. The zero-order chi connectivity index (χ0) is 10.7. The van der Waals surface area contributed by atoms with Crippen molar-refractivity contribution in [1.82, 2.24) is 10.3 Å². The molecule has 0 amide bonds. The fourth-order valence-electron chi connectivity index (χ4n) is 1.12. The topological polar surface area (TPSA) is 24.9 Å². The maximum Gasteiger partial charge on any atom is 0.0843 e. The summed E-state index contributed by atoms with van der Waals surface area (Å²) in [4.78, 5) is 6.62. The van der Waals surface area contributed by atoms with Crippen LogP contribution in [-0.2, 0) is 13.1 Å². The van der Waals surface area contributed by atoms with E-state index in [0.717, 1.165) is 21.3 Å². The molecule has 15 heavy (non-hydrogen) atoms. The third-order valence-electron chi connectivity index (χ3n) is 1.78. The van der Waals surface area contributed by atoms with E-state index in [0.29, 0.717) is 0 Å². The highest BCUT2D eigenvalue weighted by atomic mass is 79.9. The second kappa shape index (κ2) is 5.54.